The lowest BCUT2D eigenvalue weighted by atomic mass is 10.0. The average Bonchev–Trinajstić information content (AvgIpc) is 2.34. The monoisotopic (exact) mass is 362 g/mol. The van der Waals surface area contributed by atoms with Gasteiger partial charge in [-0.15, -0.1) is 0 Å². The largest absolute Gasteiger partial charge is 0.465 e. The Morgan fingerprint density at radius 3 is 2.50 bits per heavy atom. The lowest BCUT2D eigenvalue weighted by molar-refractivity contribution is -0.116. The Hall–Kier alpha value is -1.27. The van der Waals surface area contributed by atoms with E-state index >= 15 is 0 Å². The van der Waals surface area contributed by atoms with Gasteiger partial charge in [0.1, 0.15) is 0 Å². The summed E-state index contributed by atoms with van der Waals surface area (Å²) in [7, 11) is 0. The molecule has 0 radical (unpaired) electrons. The summed E-state index contributed by atoms with van der Waals surface area (Å²) in [6.45, 7) is 3.58. The predicted octanol–water partition coefficient (Wildman–Crippen LogP) is 3.11. The Kier molecular flexibility index (Phi) is 5.83. The molecule has 0 atom stereocenters. The maximum Gasteiger partial charge on any atom is 0.405 e. The zero-order chi connectivity index (χ0) is 15.3. The Morgan fingerprint density at radius 1 is 1.40 bits per heavy atom. The number of amides is 2. The molecule has 110 valence electrons. The van der Waals surface area contributed by atoms with E-state index in [-0.39, 0.29) is 17.8 Å². The summed E-state index contributed by atoms with van der Waals surface area (Å²) in [5.41, 5.74) is -0.248. The van der Waals surface area contributed by atoms with Crippen LogP contribution in [0, 0.1) is 0 Å². The number of carbonyl (C=O) groups excluding carboxylic acids is 1. The molecule has 0 spiro atoms. The molecule has 0 saturated heterocycles. The molecule has 2 amide bonds. The van der Waals surface area contributed by atoms with Crippen molar-refractivity contribution in [1.29, 1.82) is 0 Å². The number of nitrogens with zero attached hydrogens (tertiary/aromatic N) is 1. The first-order valence-electron chi connectivity index (χ1n) is 5.89. The molecule has 20 heavy (non-hydrogen) atoms. The molecule has 5 nitrogen and oxygen atoms in total. The standard InChI is InChI=1S/C13H16BrClN2O3/c1-13(2,16-12(19)20)8-17(11(18)7-14)10-6-4-3-5-9(10)15/h3-6,16H,7-8H2,1-2H3,(H,19,20). The second kappa shape index (κ2) is 6.95. The van der Waals surface area contributed by atoms with Crippen molar-refractivity contribution >= 4 is 45.2 Å². The molecular weight excluding hydrogens is 348 g/mol. The summed E-state index contributed by atoms with van der Waals surface area (Å²) >= 11 is 9.23. The summed E-state index contributed by atoms with van der Waals surface area (Å²) in [6.07, 6.45) is -1.14. The van der Waals surface area contributed by atoms with E-state index in [2.05, 4.69) is 21.2 Å². The molecule has 0 aliphatic heterocycles. The number of rotatable bonds is 5. The van der Waals surface area contributed by atoms with E-state index in [0.717, 1.165) is 0 Å². The highest BCUT2D eigenvalue weighted by Gasteiger charge is 2.28. The van der Waals surface area contributed by atoms with Crippen LogP contribution in [0.5, 0.6) is 0 Å². The fraction of sp³-hybridized carbons (Fsp3) is 0.385. The van der Waals surface area contributed by atoms with Gasteiger partial charge >= 0.3 is 6.09 Å². The van der Waals surface area contributed by atoms with E-state index in [0.29, 0.717) is 10.7 Å². The van der Waals surface area contributed by atoms with Gasteiger partial charge in [0.15, 0.2) is 0 Å². The smallest absolute Gasteiger partial charge is 0.405 e. The van der Waals surface area contributed by atoms with Gasteiger partial charge in [0, 0.05) is 6.54 Å². The van der Waals surface area contributed by atoms with E-state index < -0.39 is 11.6 Å². The van der Waals surface area contributed by atoms with Crippen molar-refractivity contribution in [2.45, 2.75) is 19.4 Å². The molecule has 0 unspecified atom stereocenters. The van der Waals surface area contributed by atoms with Gasteiger partial charge in [0.25, 0.3) is 0 Å². The van der Waals surface area contributed by atoms with E-state index in [1.807, 2.05) is 0 Å². The second-order valence-corrected chi connectivity index (χ2v) is 5.85. The van der Waals surface area contributed by atoms with Crippen LogP contribution in [0.3, 0.4) is 0 Å². The van der Waals surface area contributed by atoms with Crippen LogP contribution in [0.1, 0.15) is 13.8 Å². The summed E-state index contributed by atoms with van der Waals surface area (Å²) in [5.74, 6) is -0.196. The van der Waals surface area contributed by atoms with Gasteiger partial charge in [-0.25, -0.2) is 4.79 Å². The second-order valence-electron chi connectivity index (χ2n) is 4.88. The molecule has 0 aromatic heterocycles. The van der Waals surface area contributed by atoms with Gasteiger partial charge in [-0.2, -0.15) is 0 Å². The molecule has 7 heteroatoms. The number of nitrogens with one attached hydrogen (secondary N) is 1. The third-order valence-electron chi connectivity index (χ3n) is 2.56. The number of halogens is 2. The normalized spacial score (nSPS) is 11.0. The molecule has 0 aliphatic rings. The van der Waals surface area contributed by atoms with Crippen molar-refractivity contribution in [3.05, 3.63) is 29.3 Å². The third-order valence-corrected chi connectivity index (χ3v) is 3.36. The fourth-order valence-corrected chi connectivity index (χ4v) is 2.32. The number of hydrogen-bond donors (Lipinski definition) is 2. The molecule has 0 heterocycles. The molecule has 0 fully saturated rings. The van der Waals surface area contributed by atoms with E-state index in [4.69, 9.17) is 16.7 Å². The van der Waals surface area contributed by atoms with Crippen molar-refractivity contribution in [2.75, 3.05) is 16.8 Å². The first-order valence-corrected chi connectivity index (χ1v) is 7.39. The Morgan fingerprint density at radius 2 is 2.00 bits per heavy atom. The molecule has 0 aliphatic carbocycles. The zero-order valence-electron chi connectivity index (χ0n) is 11.2. The van der Waals surface area contributed by atoms with Gasteiger partial charge in [0.2, 0.25) is 5.91 Å². The maximum absolute atomic E-state index is 12.1. The third kappa shape index (κ3) is 4.68. The van der Waals surface area contributed by atoms with Gasteiger partial charge in [-0.1, -0.05) is 39.7 Å². The summed E-state index contributed by atoms with van der Waals surface area (Å²) in [4.78, 5) is 24.3. The SMILES string of the molecule is CC(C)(CN(C(=O)CBr)c1ccccc1Cl)NC(=O)O. The van der Waals surface area contributed by atoms with Crippen LogP contribution in [-0.4, -0.2) is 34.5 Å². The van der Waals surface area contributed by atoms with Crippen molar-refractivity contribution in [1.82, 2.24) is 5.32 Å². The maximum atomic E-state index is 12.1. The lowest BCUT2D eigenvalue weighted by Crippen LogP contribution is -2.53. The number of hydrogen-bond acceptors (Lipinski definition) is 2. The number of alkyl halides is 1. The minimum Gasteiger partial charge on any atom is -0.465 e. The highest BCUT2D eigenvalue weighted by Crippen LogP contribution is 2.27. The molecule has 1 aromatic carbocycles. The molecular formula is C13H16BrClN2O3. The van der Waals surface area contributed by atoms with Crippen molar-refractivity contribution in [3.8, 4) is 0 Å². The van der Waals surface area contributed by atoms with Crippen molar-refractivity contribution in [3.63, 3.8) is 0 Å². The van der Waals surface area contributed by atoms with Gasteiger partial charge < -0.3 is 15.3 Å². The van der Waals surface area contributed by atoms with Crippen LogP contribution in [0.2, 0.25) is 5.02 Å². The first kappa shape index (κ1) is 16.8. The van der Waals surface area contributed by atoms with E-state index in [1.54, 1.807) is 38.1 Å². The van der Waals surface area contributed by atoms with Gasteiger partial charge in [-0.05, 0) is 26.0 Å². The molecule has 0 saturated carbocycles. The molecule has 2 N–H and O–H groups in total. The van der Waals surface area contributed by atoms with Crippen LogP contribution in [0.15, 0.2) is 24.3 Å². The van der Waals surface area contributed by atoms with Crippen LogP contribution in [-0.2, 0) is 4.79 Å². The Balaban J connectivity index is 3.06. The Bertz CT molecular complexity index is 508. The van der Waals surface area contributed by atoms with Gasteiger partial charge in [0.05, 0.1) is 21.6 Å². The molecule has 1 rings (SSSR count). The van der Waals surface area contributed by atoms with Gasteiger partial charge in [-0.3, -0.25) is 4.79 Å². The number of anilines is 1. The summed E-state index contributed by atoms with van der Waals surface area (Å²) in [5, 5.41) is 11.8. The quantitative estimate of drug-likeness (QED) is 0.790. The van der Waals surface area contributed by atoms with Crippen molar-refractivity contribution in [2.24, 2.45) is 0 Å². The van der Waals surface area contributed by atoms with E-state index in [1.165, 1.54) is 4.90 Å². The Labute approximate surface area is 131 Å². The van der Waals surface area contributed by atoms with Crippen LogP contribution >= 0.6 is 27.5 Å². The van der Waals surface area contributed by atoms with Crippen LogP contribution in [0.4, 0.5) is 10.5 Å². The number of carboxylic acid groups (broad SMARTS) is 1. The first-order chi connectivity index (χ1) is 9.26. The highest BCUT2D eigenvalue weighted by atomic mass is 79.9. The fourth-order valence-electron chi connectivity index (χ4n) is 1.77. The zero-order valence-corrected chi connectivity index (χ0v) is 13.5. The average molecular weight is 364 g/mol. The van der Waals surface area contributed by atoms with E-state index in [9.17, 15) is 9.59 Å². The molecule has 1 aromatic rings. The number of carbonyl (C=O) groups is 2. The predicted molar refractivity (Wildman–Crippen MR) is 82.8 cm³/mol. The number of benzene rings is 1. The van der Waals surface area contributed by atoms with Crippen molar-refractivity contribution < 1.29 is 14.7 Å². The molecule has 0 bridgehead atoms. The minimum atomic E-state index is -1.14. The summed E-state index contributed by atoms with van der Waals surface area (Å²) in [6, 6.07) is 6.94. The van der Waals surface area contributed by atoms with Crippen LogP contribution < -0.4 is 10.2 Å². The number of para-hydroxylation sites is 1. The summed E-state index contributed by atoms with van der Waals surface area (Å²) < 4.78 is 0. The highest BCUT2D eigenvalue weighted by molar-refractivity contribution is 9.09. The topological polar surface area (TPSA) is 69.6 Å². The van der Waals surface area contributed by atoms with Crippen LogP contribution in [0.25, 0.3) is 0 Å². The minimum absolute atomic E-state index is 0.126. The lowest BCUT2D eigenvalue weighted by Gasteiger charge is -2.32.